The number of amides is 1. The zero-order chi connectivity index (χ0) is 15.8. The van der Waals surface area contributed by atoms with Crippen LogP contribution in [0.25, 0.3) is 0 Å². The Morgan fingerprint density at radius 1 is 1.32 bits per heavy atom. The van der Waals surface area contributed by atoms with Crippen molar-refractivity contribution in [2.45, 2.75) is 26.3 Å². The summed E-state index contributed by atoms with van der Waals surface area (Å²) in [7, 11) is 1.90. The molecule has 0 bridgehead atoms. The van der Waals surface area contributed by atoms with Gasteiger partial charge >= 0.3 is 0 Å². The minimum absolute atomic E-state index is 0.0964. The highest BCUT2D eigenvalue weighted by Crippen LogP contribution is 2.19. The highest BCUT2D eigenvalue weighted by molar-refractivity contribution is 7.99. The molecule has 122 valence electrons. The van der Waals surface area contributed by atoms with Gasteiger partial charge in [-0.05, 0) is 44.1 Å². The molecular weight excluding hydrogens is 294 g/mol. The van der Waals surface area contributed by atoms with Gasteiger partial charge in [-0.2, -0.15) is 11.8 Å². The first-order chi connectivity index (χ1) is 10.7. The van der Waals surface area contributed by atoms with Crippen molar-refractivity contribution in [3.63, 3.8) is 0 Å². The van der Waals surface area contributed by atoms with Crippen molar-refractivity contribution >= 4 is 23.4 Å². The van der Waals surface area contributed by atoms with E-state index in [0.717, 1.165) is 30.8 Å². The summed E-state index contributed by atoms with van der Waals surface area (Å²) in [5.41, 5.74) is 3.41. The number of hydrogen-bond donors (Lipinski definition) is 2. The second-order valence-corrected chi connectivity index (χ2v) is 7.02. The van der Waals surface area contributed by atoms with E-state index in [2.05, 4.69) is 34.6 Å². The molecular formula is C17H27N3OS. The third-order valence-corrected chi connectivity index (χ3v) is 4.85. The van der Waals surface area contributed by atoms with Crippen LogP contribution in [0.15, 0.2) is 18.2 Å². The van der Waals surface area contributed by atoms with Crippen molar-refractivity contribution in [3.8, 4) is 0 Å². The summed E-state index contributed by atoms with van der Waals surface area (Å²) in [6, 6.07) is 6.38. The molecule has 2 N–H and O–H groups in total. The molecule has 1 aromatic carbocycles. The van der Waals surface area contributed by atoms with E-state index in [9.17, 15) is 4.79 Å². The van der Waals surface area contributed by atoms with Crippen LogP contribution in [0.4, 0.5) is 5.69 Å². The van der Waals surface area contributed by atoms with E-state index in [4.69, 9.17) is 0 Å². The molecule has 0 aliphatic carbocycles. The molecule has 1 aliphatic rings. The van der Waals surface area contributed by atoms with E-state index < -0.39 is 0 Å². The molecule has 0 radical (unpaired) electrons. The number of rotatable bonds is 7. The number of anilines is 1. The van der Waals surface area contributed by atoms with Crippen molar-refractivity contribution in [1.82, 2.24) is 10.2 Å². The van der Waals surface area contributed by atoms with E-state index >= 15 is 0 Å². The standard InChI is InChI=1S/C17H27N3OS/c1-14-12-15(13-20-8-10-22-11-9-20)5-6-16(14)19-17(21)4-3-7-18-2/h5-6,12,18H,3-4,7-11,13H2,1-2H3,(H,19,21). The Balaban J connectivity index is 1.87. The predicted octanol–water partition coefficient (Wildman–Crippen LogP) is 2.48. The third-order valence-electron chi connectivity index (χ3n) is 3.91. The normalized spacial score (nSPS) is 15.7. The van der Waals surface area contributed by atoms with Crippen LogP contribution in [0, 0.1) is 6.92 Å². The van der Waals surface area contributed by atoms with Gasteiger partial charge in [0.1, 0.15) is 0 Å². The fourth-order valence-electron chi connectivity index (χ4n) is 2.62. The van der Waals surface area contributed by atoms with Gasteiger partial charge in [0.25, 0.3) is 0 Å². The summed E-state index contributed by atoms with van der Waals surface area (Å²) in [6.45, 7) is 6.30. The minimum Gasteiger partial charge on any atom is -0.326 e. The molecule has 0 atom stereocenters. The molecule has 0 spiro atoms. The van der Waals surface area contributed by atoms with Crippen LogP contribution < -0.4 is 10.6 Å². The molecule has 22 heavy (non-hydrogen) atoms. The highest BCUT2D eigenvalue weighted by atomic mass is 32.2. The van der Waals surface area contributed by atoms with Gasteiger partial charge < -0.3 is 10.6 Å². The first-order valence-corrected chi connectivity index (χ1v) is 9.18. The summed E-state index contributed by atoms with van der Waals surface area (Å²) in [4.78, 5) is 14.4. The lowest BCUT2D eigenvalue weighted by Gasteiger charge is -2.26. The fraction of sp³-hybridized carbons (Fsp3) is 0.588. The Hall–Kier alpha value is -1.04. The second-order valence-electron chi connectivity index (χ2n) is 5.79. The van der Waals surface area contributed by atoms with Gasteiger partial charge in [0, 0.05) is 43.2 Å². The lowest BCUT2D eigenvalue weighted by Crippen LogP contribution is -2.31. The number of carbonyl (C=O) groups excluding carboxylic acids is 1. The summed E-state index contributed by atoms with van der Waals surface area (Å²) < 4.78 is 0. The van der Waals surface area contributed by atoms with E-state index in [1.165, 1.54) is 30.2 Å². The van der Waals surface area contributed by atoms with Gasteiger partial charge in [-0.15, -0.1) is 0 Å². The van der Waals surface area contributed by atoms with Gasteiger partial charge in [0.2, 0.25) is 5.91 Å². The summed E-state index contributed by atoms with van der Waals surface area (Å²) in [5, 5.41) is 6.07. The van der Waals surface area contributed by atoms with E-state index in [0.29, 0.717) is 6.42 Å². The quantitative estimate of drug-likeness (QED) is 0.757. The Labute approximate surface area is 138 Å². The molecule has 5 heteroatoms. The van der Waals surface area contributed by atoms with Crippen LogP contribution >= 0.6 is 11.8 Å². The van der Waals surface area contributed by atoms with Crippen LogP contribution in [0.2, 0.25) is 0 Å². The van der Waals surface area contributed by atoms with Crippen LogP contribution in [0.5, 0.6) is 0 Å². The largest absolute Gasteiger partial charge is 0.326 e. The van der Waals surface area contributed by atoms with E-state index in [1.54, 1.807) is 0 Å². The van der Waals surface area contributed by atoms with Crippen LogP contribution in [0.1, 0.15) is 24.0 Å². The number of nitrogens with zero attached hydrogens (tertiary/aromatic N) is 1. The van der Waals surface area contributed by atoms with Gasteiger partial charge in [-0.25, -0.2) is 0 Å². The monoisotopic (exact) mass is 321 g/mol. The van der Waals surface area contributed by atoms with Crippen molar-refractivity contribution in [2.75, 3.05) is 43.5 Å². The predicted molar refractivity (Wildman–Crippen MR) is 95.6 cm³/mol. The average molecular weight is 321 g/mol. The maximum absolute atomic E-state index is 11.9. The Kier molecular flexibility index (Phi) is 7.22. The molecule has 1 saturated heterocycles. The Morgan fingerprint density at radius 3 is 2.77 bits per heavy atom. The molecule has 0 saturated carbocycles. The summed E-state index contributed by atoms with van der Waals surface area (Å²) in [5.74, 6) is 2.57. The number of benzene rings is 1. The lowest BCUT2D eigenvalue weighted by molar-refractivity contribution is -0.116. The maximum atomic E-state index is 11.9. The number of hydrogen-bond acceptors (Lipinski definition) is 4. The summed E-state index contributed by atoms with van der Waals surface area (Å²) >= 11 is 2.04. The summed E-state index contributed by atoms with van der Waals surface area (Å²) in [6.07, 6.45) is 1.43. The van der Waals surface area contributed by atoms with Gasteiger partial charge in [-0.1, -0.05) is 12.1 Å². The van der Waals surface area contributed by atoms with Crippen molar-refractivity contribution < 1.29 is 4.79 Å². The topological polar surface area (TPSA) is 44.4 Å². The highest BCUT2D eigenvalue weighted by Gasteiger charge is 2.11. The number of carbonyl (C=O) groups is 1. The third kappa shape index (κ3) is 5.63. The lowest BCUT2D eigenvalue weighted by atomic mass is 10.1. The molecule has 1 amide bonds. The average Bonchev–Trinajstić information content (AvgIpc) is 2.51. The molecule has 4 nitrogen and oxygen atoms in total. The molecule has 1 heterocycles. The van der Waals surface area contributed by atoms with E-state index in [1.807, 2.05) is 24.9 Å². The van der Waals surface area contributed by atoms with Crippen molar-refractivity contribution in [1.29, 1.82) is 0 Å². The zero-order valence-corrected chi connectivity index (χ0v) is 14.5. The van der Waals surface area contributed by atoms with Crippen LogP contribution in [0.3, 0.4) is 0 Å². The molecule has 0 aromatic heterocycles. The van der Waals surface area contributed by atoms with E-state index in [-0.39, 0.29) is 5.91 Å². The maximum Gasteiger partial charge on any atom is 0.224 e. The zero-order valence-electron chi connectivity index (χ0n) is 13.7. The van der Waals surface area contributed by atoms with Crippen LogP contribution in [-0.2, 0) is 11.3 Å². The minimum atomic E-state index is 0.0964. The van der Waals surface area contributed by atoms with Gasteiger partial charge in [0.05, 0.1) is 0 Å². The first kappa shape index (κ1) is 17.3. The number of nitrogens with one attached hydrogen (secondary N) is 2. The molecule has 1 aromatic rings. The van der Waals surface area contributed by atoms with Gasteiger partial charge in [0.15, 0.2) is 0 Å². The SMILES string of the molecule is CNCCCC(=O)Nc1ccc(CN2CCSCC2)cc1C. The molecule has 2 rings (SSSR count). The first-order valence-electron chi connectivity index (χ1n) is 8.03. The molecule has 0 unspecified atom stereocenters. The van der Waals surface area contributed by atoms with Crippen molar-refractivity contribution in [3.05, 3.63) is 29.3 Å². The Morgan fingerprint density at radius 2 is 2.09 bits per heavy atom. The van der Waals surface area contributed by atoms with Crippen molar-refractivity contribution in [2.24, 2.45) is 0 Å². The Bertz CT molecular complexity index is 487. The van der Waals surface area contributed by atoms with Gasteiger partial charge in [-0.3, -0.25) is 9.69 Å². The number of aryl methyl sites for hydroxylation is 1. The number of thioether (sulfide) groups is 1. The fourth-order valence-corrected chi connectivity index (χ4v) is 3.60. The molecule has 1 aliphatic heterocycles. The smallest absolute Gasteiger partial charge is 0.224 e. The molecule has 1 fully saturated rings. The van der Waals surface area contributed by atoms with Crippen LogP contribution in [-0.4, -0.2) is 49.0 Å². The second kappa shape index (κ2) is 9.18.